The first kappa shape index (κ1) is 12.3. The van der Waals surface area contributed by atoms with E-state index < -0.39 is 17.7 Å². The van der Waals surface area contributed by atoms with Crippen LogP contribution in [0.25, 0.3) is 10.9 Å². The largest absolute Gasteiger partial charge is 0.497 e. The quantitative estimate of drug-likeness (QED) is 0.871. The van der Waals surface area contributed by atoms with Gasteiger partial charge < -0.3 is 14.8 Å². The Morgan fingerprint density at radius 2 is 2.00 bits per heavy atom. The van der Waals surface area contributed by atoms with Gasteiger partial charge in [0.1, 0.15) is 11.4 Å². The SMILES string of the molecule is COc1cc(C(F)(F)F)c2cc(C(=O)O)[nH]c2c1. The second-order valence-corrected chi connectivity index (χ2v) is 3.62. The maximum Gasteiger partial charge on any atom is 0.417 e. The number of carboxylic acid groups (broad SMARTS) is 1. The van der Waals surface area contributed by atoms with Crippen LogP contribution in [-0.4, -0.2) is 23.2 Å². The fourth-order valence-corrected chi connectivity index (χ4v) is 1.68. The Bertz CT molecular complexity index is 616. The Hall–Kier alpha value is -2.18. The van der Waals surface area contributed by atoms with E-state index >= 15 is 0 Å². The summed E-state index contributed by atoms with van der Waals surface area (Å²) in [6.07, 6.45) is -4.58. The van der Waals surface area contributed by atoms with Gasteiger partial charge >= 0.3 is 12.1 Å². The number of carbonyl (C=O) groups is 1. The number of nitrogens with one attached hydrogen (secondary N) is 1. The molecule has 0 saturated heterocycles. The summed E-state index contributed by atoms with van der Waals surface area (Å²) < 4.78 is 43.2. The highest BCUT2D eigenvalue weighted by Gasteiger charge is 2.34. The third-order valence-electron chi connectivity index (χ3n) is 2.48. The van der Waals surface area contributed by atoms with E-state index in [0.29, 0.717) is 0 Å². The monoisotopic (exact) mass is 259 g/mol. The van der Waals surface area contributed by atoms with Crippen molar-refractivity contribution in [1.29, 1.82) is 0 Å². The molecule has 0 aliphatic heterocycles. The molecule has 2 rings (SSSR count). The lowest BCUT2D eigenvalue weighted by molar-refractivity contribution is -0.136. The second-order valence-electron chi connectivity index (χ2n) is 3.62. The van der Waals surface area contributed by atoms with Crippen LogP contribution in [0.4, 0.5) is 13.2 Å². The van der Waals surface area contributed by atoms with Crippen LogP contribution in [0.1, 0.15) is 16.1 Å². The molecule has 1 aromatic heterocycles. The summed E-state index contributed by atoms with van der Waals surface area (Å²) in [5.74, 6) is -1.31. The Labute approximate surface area is 99.0 Å². The summed E-state index contributed by atoms with van der Waals surface area (Å²) in [5, 5.41) is 8.57. The summed E-state index contributed by atoms with van der Waals surface area (Å²) >= 11 is 0. The third-order valence-corrected chi connectivity index (χ3v) is 2.48. The van der Waals surface area contributed by atoms with Gasteiger partial charge in [0, 0.05) is 11.5 Å². The van der Waals surface area contributed by atoms with Crippen LogP contribution in [0.3, 0.4) is 0 Å². The van der Waals surface area contributed by atoms with E-state index in [2.05, 4.69) is 4.98 Å². The zero-order chi connectivity index (χ0) is 13.5. The van der Waals surface area contributed by atoms with Crippen molar-refractivity contribution in [1.82, 2.24) is 4.98 Å². The number of benzene rings is 1. The van der Waals surface area contributed by atoms with Crippen LogP contribution < -0.4 is 4.74 Å². The van der Waals surface area contributed by atoms with Crippen molar-refractivity contribution < 1.29 is 27.8 Å². The van der Waals surface area contributed by atoms with Crippen molar-refractivity contribution in [2.45, 2.75) is 6.18 Å². The molecule has 0 bridgehead atoms. The maximum absolute atomic E-state index is 12.8. The molecule has 96 valence electrons. The number of hydrogen-bond donors (Lipinski definition) is 2. The topological polar surface area (TPSA) is 62.3 Å². The fraction of sp³-hybridized carbons (Fsp3) is 0.182. The number of ether oxygens (including phenoxy) is 1. The Morgan fingerprint density at radius 3 is 2.50 bits per heavy atom. The Balaban J connectivity index is 2.77. The summed E-state index contributed by atoms with van der Waals surface area (Å²) in [6, 6.07) is 3.11. The highest BCUT2D eigenvalue weighted by atomic mass is 19.4. The molecule has 0 saturated carbocycles. The van der Waals surface area contributed by atoms with Crippen molar-refractivity contribution in [3.05, 3.63) is 29.5 Å². The van der Waals surface area contributed by atoms with Gasteiger partial charge in [0.15, 0.2) is 0 Å². The molecule has 2 N–H and O–H groups in total. The van der Waals surface area contributed by atoms with Crippen molar-refractivity contribution in [2.24, 2.45) is 0 Å². The predicted octanol–water partition coefficient (Wildman–Crippen LogP) is 2.89. The van der Waals surface area contributed by atoms with Gasteiger partial charge in [0.05, 0.1) is 18.2 Å². The molecule has 4 nitrogen and oxygen atoms in total. The van der Waals surface area contributed by atoms with E-state index in [1.54, 1.807) is 0 Å². The van der Waals surface area contributed by atoms with Gasteiger partial charge in [0.2, 0.25) is 0 Å². The molecular weight excluding hydrogens is 251 g/mol. The number of aromatic nitrogens is 1. The minimum atomic E-state index is -4.58. The van der Waals surface area contributed by atoms with Gasteiger partial charge in [0.25, 0.3) is 0 Å². The van der Waals surface area contributed by atoms with Crippen molar-refractivity contribution in [3.63, 3.8) is 0 Å². The molecule has 0 atom stereocenters. The number of methoxy groups -OCH3 is 1. The lowest BCUT2D eigenvalue weighted by Crippen LogP contribution is -2.05. The van der Waals surface area contributed by atoms with Crippen LogP contribution in [-0.2, 0) is 6.18 Å². The zero-order valence-electron chi connectivity index (χ0n) is 9.13. The number of aromatic carboxylic acids is 1. The summed E-state index contributed by atoms with van der Waals surface area (Å²) in [6.45, 7) is 0. The van der Waals surface area contributed by atoms with Crippen molar-refractivity contribution in [3.8, 4) is 5.75 Å². The molecule has 1 heterocycles. The number of carboxylic acids is 1. The van der Waals surface area contributed by atoms with E-state index in [9.17, 15) is 18.0 Å². The van der Waals surface area contributed by atoms with Gasteiger partial charge in [-0.1, -0.05) is 0 Å². The van der Waals surface area contributed by atoms with Gasteiger partial charge in [-0.2, -0.15) is 13.2 Å². The molecule has 0 radical (unpaired) electrons. The number of halogens is 3. The summed E-state index contributed by atoms with van der Waals surface area (Å²) in [4.78, 5) is 13.1. The molecule has 7 heteroatoms. The van der Waals surface area contributed by atoms with E-state index in [4.69, 9.17) is 9.84 Å². The third kappa shape index (κ3) is 1.99. The molecule has 18 heavy (non-hydrogen) atoms. The molecule has 0 fully saturated rings. The van der Waals surface area contributed by atoms with Gasteiger partial charge in [-0.3, -0.25) is 0 Å². The van der Waals surface area contributed by atoms with E-state index in [1.165, 1.54) is 13.2 Å². The lowest BCUT2D eigenvalue weighted by atomic mass is 10.1. The Morgan fingerprint density at radius 1 is 1.33 bits per heavy atom. The zero-order valence-corrected chi connectivity index (χ0v) is 9.13. The highest BCUT2D eigenvalue weighted by Crippen LogP contribution is 2.37. The van der Waals surface area contributed by atoms with Gasteiger partial charge in [-0.25, -0.2) is 4.79 Å². The van der Waals surface area contributed by atoms with Crippen LogP contribution >= 0.6 is 0 Å². The van der Waals surface area contributed by atoms with Gasteiger partial charge in [-0.05, 0) is 12.1 Å². The molecule has 2 aromatic rings. The van der Waals surface area contributed by atoms with Crippen molar-refractivity contribution in [2.75, 3.05) is 7.11 Å². The molecule has 0 aliphatic carbocycles. The number of alkyl halides is 3. The maximum atomic E-state index is 12.8. The minimum absolute atomic E-state index is 0.00798. The average molecular weight is 259 g/mol. The van der Waals surface area contributed by atoms with Crippen LogP contribution in [0.15, 0.2) is 18.2 Å². The molecule has 0 amide bonds. The number of fused-ring (bicyclic) bond motifs is 1. The van der Waals surface area contributed by atoms with E-state index in [1.807, 2.05) is 0 Å². The molecule has 0 aliphatic rings. The number of rotatable bonds is 2. The standard InChI is InChI=1S/C11H8F3NO3/c1-18-5-2-7(11(12,13)14)6-4-9(10(16)17)15-8(6)3-5/h2-4,15H,1H3,(H,16,17). The Kier molecular flexibility index (Phi) is 2.68. The molecular formula is C11H8F3NO3. The molecule has 1 aromatic carbocycles. The van der Waals surface area contributed by atoms with Crippen LogP contribution in [0, 0.1) is 0 Å². The summed E-state index contributed by atoms with van der Waals surface area (Å²) in [5.41, 5.74) is -1.16. The molecule has 0 spiro atoms. The number of aromatic amines is 1. The van der Waals surface area contributed by atoms with Crippen LogP contribution in [0.2, 0.25) is 0 Å². The van der Waals surface area contributed by atoms with E-state index in [0.717, 1.165) is 12.1 Å². The fourth-order valence-electron chi connectivity index (χ4n) is 1.68. The highest BCUT2D eigenvalue weighted by molar-refractivity contribution is 5.95. The van der Waals surface area contributed by atoms with Crippen LogP contribution in [0.5, 0.6) is 5.75 Å². The first-order valence-corrected chi connectivity index (χ1v) is 4.84. The minimum Gasteiger partial charge on any atom is -0.497 e. The lowest BCUT2D eigenvalue weighted by Gasteiger charge is -2.10. The smallest absolute Gasteiger partial charge is 0.417 e. The normalized spacial score (nSPS) is 11.8. The summed E-state index contributed by atoms with van der Waals surface area (Å²) in [7, 11) is 1.24. The van der Waals surface area contributed by atoms with E-state index in [-0.39, 0.29) is 22.3 Å². The first-order valence-electron chi connectivity index (χ1n) is 4.84. The first-order chi connectivity index (χ1) is 8.32. The van der Waals surface area contributed by atoms with Crippen molar-refractivity contribution >= 4 is 16.9 Å². The predicted molar refractivity (Wildman–Crippen MR) is 56.8 cm³/mol. The number of hydrogen-bond acceptors (Lipinski definition) is 2. The average Bonchev–Trinajstić information content (AvgIpc) is 2.69. The molecule has 0 unspecified atom stereocenters. The second kappa shape index (κ2) is 3.94. The van der Waals surface area contributed by atoms with Gasteiger partial charge in [-0.15, -0.1) is 0 Å². The number of H-pyrrole nitrogens is 1.